The summed E-state index contributed by atoms with van der Waals surface area (Å²) < 4.78 is 16.9. The van der Waals surface area contributed by atoms with Crippen molar-refractivity contribution in [3.8, 4) is 0 Å². The maximum absolute atomic E-state index is 12.8. The van der Waals surface area contributed by atoms with E-state index in [4.69, 9.17) is 14.2 Å². The van der Waals surface area contributed by atoms with Gasteiger partial charge in [0.1, 0.15) is 13.2 Å². The van der Waals surface area contributed by atoms with Gasteiger partial charge >= 0.3 is 17.9 Å². The van der Waals surface area contributed by atoms with Crippen molar-refractivity contribution >= 4 is 17.9 Å². The topological polar surface area (TPSA) is 78.9 Å². The zero-order chi connectivity index (χ0) is 46.8. The fraction of sp³-hybridized carbons (Fsp3) is 0.948. The summed E-state index contributed by atoms with van der Waals surface area (Å²) >= 11 is 0. The molecule has 0 aliphatic heterocycles. The Balaban J connectivity index is 4.25. The van der Waals surface area contributed by atoms with Crippen molar-refractivity contribution in [2.24, 2.45) is 11.8 Å². The molecule has 0 rings (SSSR count). The Bertz CT molecular complexity index is 982. The highest BCUT2D eigenvalue weighted by molar-refractivity contribution is 5.71. The average Bonchev–Trinajstić information content (AvgIpc) is 3.29. The second-order valence-electron chi connectivity index (χ2n) is 20.4. The van der Waals surface area contributed by atoms with E-state index in [0.717, 1.165) is 69.6 Å². The van der Waals surface area contributed by atoms with Crippen molar-refractivity contribution in [3.63, 3.8) is 0 Å². The molecule has 0 aliphatic carbocycles. The van der Waals surface area contributed by atoms with Crippen molar-refractivity contribution in [3.05, 3.63) is 0 Å². The number of hydrogen-bond donors (Lipinski definition) is 0. The minimum atomic E-state index is -0.762. The predicted molar refractivity (Wildman–Crippen MR) is 275 cm³/mol. The minimum absolute atomic E-state index is 0.0628. The van der Waals surface area contributed by atoms with E-state index in [-0.39, 0.29) is 31.1 Å². The molecule has 0 spiro atoms. The molecule has 0 amide bonds. The van der Waals surface area contributed by atoms with Gasteiger partial charge in [0.05, 0.1) is 0 Å². The van der Waals surface area contributed by atoms with Crippen molar-refractivity contribution in [1.29, 1.82) is 0 Å². The van der Waals surface area contributed by atoms with Crippen molar-refractivity contribution in [1.82, 2.24) is 0 Å². The first kappa shape index (κ1) is 62.4. The van der Waals surface area contributed by atoms with Gasteiger partial charge in [-0.25, -0.2) is 0 Å². The lowest BCUT2D eigenvalue weighted by molar-refractivity contribution is -0.167. The van der Waals surface area contributed by atoms with Crippen LogP contribution >= 0.6 is 0 Å². The van der Waals surface area contributed by atoms with Crippen LogP contribution in [0, 0.1) is 11.8 Å². The molecule has 0 aromatic rings. The molecule has 0 fully saturated rings. The summed E-state index contributed by atoms with van der Waals surface area (Å²) in [7, 11) is 0. The lowest BCUT2D eigenvalue weighted by Crippen LogP contribution is -2.30. The van der Waals surface area contributed by atoms with E-state index in [0.29, 0.717) is 19.3 Å². The van der Waals surface area contributed by atoms with Crippen molar-refractivity contribution < 1.29 is 28.6 Å². The van der Waals surface area contributed by atoms with Crippen LogP contribution < -0.4 is 0 Å². The molecule has 0 aliphatic rings. The highest BCUT2D eigenvalue weighted by Gasteiger charge is 2.19. The summed E-state index contributed by atoms with van der Waals surface area (Å²) in [6, 6.07) is 0. The Morgan fingerprint density at radius 1 is 0.312 bits per heavy atom. The zero-order valence-corrected chi connectivity index (χ0v) is 43.9. The van der Waals surface area contributed by atoms with Gasteiger partial charge in [-0.1, -0.05) is 285 Å². The molecule has 380 valence electrons. The van der Waals surface area contributed by atoms with Crippen LogP contribution in [0.15, 0.2) is 0 Å². The molecule has 3 atom stereocenters. The number of rotatable bonds is 52. The van der Waals surface area contributed by atoms with E-state index in [2.05, 4.69) is 34.6 Å². The van der Waals surface area contributed by atoms with Crippen molar-refractivity contribution in [2.75, 3.05) is 13.2 Å². The van der Waals surface area contributed by atoms with Gasteiger partial charge in [0.2, 0.25) is 0 Å². The van der Waals surface area contributed by atoms with Crippen LogP contribution in [0.3, 0.4) is 0 Å². The SMILES string of the molecule is CCCCCCCCCCCCC(=O)OC[C@@H](COC(=O)CCCCCCCCCCCCCCCCC(C)CC)OC(=O)CCCCCCCCCCCCCCCCC(C)CC. The summed E-state index contributed by atoms with van der Waals surface area (Å²) in [5.41, 5.74) is 0. The average molecular weight is 906 g/mol. The van der Waals surface area contributed by atoms with Crippen LogP contribution in [0.1, 0.15) is 324 Å². The standard InChI is InChI=1S/C58H112O6/c1-6-9-10-11-12-13-28-33-38-43-48-56(59)62-51-55(64-58(61)50-45-40-35-30-25-21-17-15-19-23-27-32-37-42-47-54(5)8-3)52-63-57(60)49-44-39-34-29-24-20-16-14-18-22-26-31-36-41-46-53(4)7-2/h53-55H,6-52H2,1-5H3/t53?,54?,55-/m0/s1. The zero-order valence-electron chi connectivity index (χ0n) is 43.9. The third kappa shape index (κ3) is 48.3. The Labute approximate surface area is 399 Å². The van der Waals surface area contributed by atoms with Crippen LogP contribution in [-0.4, -0.2) is 37.2 Å². The molecule has 0 aromatic heterocycles. The highest BCUT2D eigenvalue weighted by Crippen LogP contribution is 2.19. The molecular weight excluding hydrogens is 793 g/mol. The van der Waals surface area contributed by atoms with Crippen LogP contribution in [0.5, 0.6) is 0 Å². The third-order valence-corrected chi connectivity index (χ3v) is 13.9. The summed E-state index contributed by atoms with van der Waals surface area (Å²) in [5, 5.41) is 0. The van der Waals surface area contributed by atoms with Gasteiger partial charge in [-0.3, -0.25) is 14.4 Å². The normalized spacial score (nSPS) is 12.9. The number of ether oxygens (including phenoxy) is 3. The van der Waals surface area contributed by atoms with Crippen molar-refractivity contribution in [2.45, 2.75) is 330 Å². The maximum Gasteiger partial charge on any atom is 0.306 e. The van der Waals surface area contributed by atoms with E-state index in [9.17, 15) is 14.4 Å². The smallest absolute Gasteiger partial charge is 0.306 e. The molecule has 0 aromatic carbocycles. The lowest BCUT2D eigenvalue weighted by atomic mass is 9.99. The number of carbonyl (C=O) groups is 3. The summed E-state index contributed by atoms with van der Waals surface area (Å²) in [6.45, 7) is 11.5. The molecule has 0 radical (unpaired) electrons. The summed E-state index contributed by atoms with van der Waals surface area (Å²) in [6.07, 6.45) is 53.6. The quantitative estimate of drug-likeness (QED) is 0.0344. The predicted octanol–water partition coefficient (Wildman–Crippen LogP) is 18.9. The lowest BCUT2D eigenvalue weighted by Gasteiger charge is -2.18. The number of hydrogen-bond acceptors (Lipinski definition) is 6. The molecule has 0 saturated carbocycles. The third-order valence-electron chi connectivity index (χ3n) is 13.9. The summed E-state index contributed by atoms with van der Waals surface area (Å²) in [4.78, 5) is 38.1. The molecule has 0 heterocycles. The van der Waals surface area contributed by atoms with Gasteiger partial charge in [0.25, 0.3) is 0 Å². The first-order valence-electron chi connectivity index (χ1n) is 28.8. The largest absolute Gasteiger partial charge is 0.462 e. The molecule has 0 N–H and O–H groups in total. The minimum Gasteiger partial charge on any atom is -0.462 e. The van der Waals surface area contributed by atoms with Gasteiger partial charge in [-0.2, -0.15) is 0 Å². The fourth-order valence-electron chi connectivity index (χ4n) is 8.81. The second-order valence-corrected chi connectivity index (χ2v) is 20.4. The number of esters is 3. The van der Waals surface area contributed by atoms with E-state index in [1.165, 1.54) is 212 Å². The van der Waals surface area contributed by atoms with Gasteiger partial charge in [0.15, 0.2) is 6.10 Å². The van der Waals surface area contributed by atoms with E-state index in [1.54, 1.807) is 0 Å². The number of unbranched alkanes of at least 4 members (excludes halogenated alkanes) is 35. The first-order chi connectivity index (χ1) is 31.3. The Hall–Kier alpha value is -1.59. The van der Waals surface area contributed by atoms with E-state index >= 15 is 0 Å². The van der Waals surface area contributed by atoms with Gasteiger partial charge < -0.3 is 14.2 Å². The molecule has 0 saturated heterocycles. The molecule has 2 unspecified atom stereocenters. The Morgan fingerprint density at radius 2 is 0.547 bits per heavy atom. The van der Waals surface area contributed by atoms with Gasteiger partial charge in [-0.05, 0) is 31.1 Å². The monoisotopic (exact) mass is 905 g/mol. The second kappa shape index (κ2) is 50.8. The Kier molecular flexibility index (Phi) is 49.6. The summed E-state index contributed by atoms with van der Waals surface area (Å²) in [5.74, 6) is 0.949. The van der Waals surface area contributed by atoms with Crippen LogP contribution in [0.25, 0.3) is 0 Å². The number of carbonyl (C=O) groups excluding carboxylic acids is 3. The molecular formula is C58H112O6. The highest BCUT2D eigenvalue weighted by atomic mass is 16.6. The van der Waals surface area contributed by atoms with Crippen LogP contribution in [-0.2, 0) is 28.6 Å². The van der Waals surface area contributed by atoms with E-state index < -0.39 is 6.10 Å². The molecule has 6 nitrogen and oxygen atoms in total. The first-order valence-corrected chi connectivity index (χ1v) is 28.8. The van der Waals surface area contributed by atoms with Crippen LogP contribution in [0.4, 0.5) is 0 Å². The van der Waals surface area contributed by atoms with Crippen LogP contribution in [0.2, 0.25) is 0 Å². The van der Waals surface area contributed by atoms with Gasteiger partial charge in [-0.15, -0.1) is 0 Å². The molecule has 0 bridgehead atoms. The molecule has 64 heavy (non-hydrogen) atoms. The maximum atomic E-state index is 12.8. The van der Waals surface area contributed by atoms with Gasteiger partial charge in [0, 0.05) is 19.3 Å². The fourth-order valence-corrected chi connectivity index (χ4v) is 8.81. The van der Waals surface area contributed by atoms with E-state index in [1.807, 2.05) is 0 Å². The Morgan fingerprint density at radius 3 is 0.812 bits per heavy atom. The molecule has 6 heteroatoms.